The summed E-state index contributed by atoms with van der Waals surface area (Å²) in [5, 5.41) is 0. The molecule has 0 aromatic heterocycles. The molecule has 0 spiro atoms. The summed E-state index contributed by atoms with van der Waals surface area (Å²) in [5.74, 6) is 5.71. The van der Waals surface area contributed by atoms with E-state index < -0.39 is 10.0 Å². The Balaban J connectivity index is 2.36. The first-order chi connectivity index (χ1) is 8.53. The summed E-state index contributed by atoms with van der Waals surface area (Å²) in [6, 6.07) is 6.77. The first-order valence-corrected chi connectivity index (χ1v) is 7.04. The van der Waals surface area contributed by atoms with Crippen molar-refractivity contribution in [1.29, 1.82) is 0 Å². The van der Waals surface area contributed by atoms with Crippen molar-refractivity contribution in [2.75, 3.05) is 24.6 Å². The number of nitrogens with one attached hydrogen (secondary N) is 1. The lowest BCUT2D eigenvalue weighted by Gasteiger charge is -2.07. The van der Waals surface area contributed by atoms with Gasteiger partial charge in [-0.3, -0.25) is 0 Å². The van der Waals surface area contributed by atoms with Crippen LogP contribution in [0.3, 0.4) is 0 Å². The third kappa shape index (κ3) is 5.57. The maximum atomic E-state index is 11.5. The molecule has 18 heavy (non-hydrogen) atoms. The molecule has 1 rings (SSSR count). The monoisotopic (exact) mass is 268 g/mol. The van der Waals surface area contributed by atoms with Crippen LogP contribution >= 0.6 is 0 Å². The second-order valence-corrected chi connectivity index (χ2v) is 5.41. The van der Waals surface area contributed by atoms with E-state index in [0.717, 1.165) is 0 Å². The number of anilines is 1. The van der Waals surface area contributed by atoms with Crippen LogP contribution < -0.4 is 15.2 Å². The van der Waals surface area contributed by atoms with E-state index in [4.69, 9.17) is 10.5 Å². The molecule has 0 heterocycles. The van der Waals surface area contributed by atoms with E-state index in [9.17, 15) is 8.42 Å². The number of benzene rings is 1. The molecule has 0 aliphatic rings. The third-order valence-corrected chi connectivity index (χ3v) is 3.35. The van der Waals surface area contributed by atoms with Gasteiger partial charge in [-0.1, -0.05) is 5.92 Å². The Bertz CT molecular complexity index is 527. The minimum absolute atomic E-state index is 0.0821. The average molecular weight is 268 g/mol. The van der Waals surface area contributed by atoms with Gasteiger partial charge in [0.25, 0.3) is 0 Å². The Hall–Kier alpha value is -1.71. The molecule has 5 nitrogen and oxygen atoms in total. The van der Waals surface area contributed by atoms with Crippen molar-refractivity contribution in [3.05, 3.63) is 24.3 Å². The molecule has 1 aromatic rings. The van der Waals surface area contributed by atoms with Gasteiger partial charge in [0, 0.05) is 5.69 Å². The van der Waals surface area contributed by atoms with Crippen LogP contribution in [-0.2, 0) is 10.0 Å². The van der Waals surface area contributed by atoms with E-state index in [1.54, 1.807) is 31.2 Å². The zero-order valence-electron chi connectivity index (χ0n) is 10.1. The largest absolute Gasteiger partial charge is 0.492 e. The van der Waals surface area contributed by atoms with Crippen molar-refractivity contribution in [2.24, 2.45) is 0 Å². The molecule has 1 aromatic carbocycles. The normalized spacial score (nSPS) is 10.5. The highest BCUT2D eigenvalue weighted by Gasteiger charge is 2.08. The van der Waals surface area contributed by atoms with Gasteiger partial charge in [0.2, 0.25) is 10.0 Å². The standard InChI is InChI=1S/C12H16N2O3S/c1-2-3-8-14-18(15,16)10-9-17-12-6-4-11(13)5-7-12/h4-7,14H,8-10,13H2,1H3. The molecular weight excluding hydrogens is 252 g/mol. The van der Waals surface area contributed by atoms with Gasteiger partial charge in [0.05, 0.1) is 12.3 Å². The minimum Gasteiger partial charge on any atom is -0.492 e. The van der Waals surface area contributed by atoms with Crippen LogP contribution in [0, 0.1) is 11.8 Å². The molecule has 98 valence electrons. The Labute approximate surface area is 107 Å². The molecule has 0 unspecified atom stereocenters. The summed E-state index contributed by atoms with van der Waals surface area (Å²) in [6.07, 6.45) is 0. The van der Waals surface area contributed by atoms with Crippen molar-refractivity contribution in [3.8, 4) is 17.6 Å². The summed E-state index contributed by atoms with van der Waals surface area (Å²) >= 11 is 0. The molecule has 0 radical (unpaired) electrons. The minimum atomic E-state index is -3.33. The highest BCUT2D eigenvalue weighted by atomic mass is 32.2. The van der Waals surface area contributed by atoms with Crippen molar-refractivity contribution in [1.82, 2.24) is 4.72 Å². The summed E-state index contributed by atoms with van der Waals surface area (Å²) in [6.45, 7) is 1.86. The number of sulfonamides is 1. The Kier molecular flexibility index (Phi) is 5.49. The molecule has 0 saturated carbocycles. The maximum Gasteiger partial charge on any atom is 0.215 e. The fraction of sp³-hybridized carbons (Fsp3) is 0.333. The van der Waals surface area contributed by atoms with Gasteiger partial charge in [-0.05, 0) is 31.2 Å². The van der Waals surface area contributed by atoms with Crippen molar-refractivity contribution >= 4 is 15.7 Å². The number of rotatable bonds is 6. The SMILES string of the molecule is CC#CCNS(=O)(=O)CCOc1ccc(N)cc1. The zero-order chi connectivity index (χ0) is 13.4. The van der Waals surface area contributed by atoms with Crippen LogP contribution in [-0.4, -0.2) is 27.3 Å². The van der Waals surface area contributed by atoms with Gasteiger partial charge in [-0.15, -0.1) is 5.92 Å². The first-order valence-electron chi connectivity index (χ1n) is 5.39. The highest BCUT2D eigenvalue weighted by Crippen LogP contribution is 2.12. The van der Waals surface area contributed by atoms with Crippen LogP contribution in [0.2, 0.25) is 0 Å². The molecule has 0 fully saturated rings. The van der Waals surface area contributed by atoms with Crippen LogP contribution in [0.4, 0.5) is 5.69 Å². The van der Waals surface area contributed by atoms with E-state index in [0.29, 0.717) is 11.4 Å². The molecule has 6 heteroatoms. The van der Waals surface area contributed by atoms with Crippen molar-refractivity contribution < 1.29 is 13.2 Å². The summed E-state index contributed by atoms with van der Waals surface area (Å²) < 4.78 is 30.6. The Morgan fingerprint density at radius 2 is 2.00 bits per heavy atom. The van der Waals surface area contributed by atoms with E-state index in [-0.39, 0.29) is 18.9 Å². The molecule has 3 N–H and O–H groups in total. The van der Waals surface area contributed by atoms with Crippen LogP contribution in [0.25, 0.3) is 0 Å². The zero-order valence-corrected chi connectivity index (χ0v) is 11.0. The number of nitrogen functional groups attached to an aromatic ring is 1. The van der Waals surface area contributed by atoms with Gasteiger partial charge >= 0.3 is 0 Å². The Morgan fingerprint density at radius 3 is 2.61 bits per heavy atom. The van der Waals surface area contributed by atoms with Crippen LogP contribution in [0.5, 0.6) is 5.75 Å². The molecule has 0 aliphatic carbocycles. The van der Waals surface area contributed by atoms with Crippen LogP contribution in [0.15, 0.2) is 24.3 Å². The lowest BCUT2D eigenvalue weighted by Crippen LogP contribution is -2.29. The van der Waals surface area contributed by atoms with Crippen molar-refractivity contribution in [3.63, 3.8) is 0 Å². The Morgan fingerprint density at radius 1 is 1.33 bits per heavy atom. The lowest BCUT2D eigenvalue weighted by atomic mass is 10.3. The van der Waals surface area contributed by atoms with E-state index >= 15 is 0 Å². The predicted molar refractivity (Wildman–Crippen MR) is 71.6 cm³/mol. The fourth-order valence-corrected chi connectivity index (χ4v) is 1.88. The quantitative estimate of drug-likeness (QED) is 0.584. The predicted octanol–water partition coefficient (Wildman–Crippen LogP) is 0.590. The number of hydrogen-bond donors (Lipinski definition) is 2. The third-order valence-electron chi connectivity index (χ3n) is 2.06. The van der Waals surface area contributed by atoms with Crippen LogP contribution in [0.1, 0.15) is 6.92 Å². The van der Waals surface area contributed by atoms with Gasteiger partial charge in [0.1, 0.15) is 12.4 Å². The van der Waals surface area contributed by atoms with Gasteiger partial charge in [-0.2, -0.15) is 0 Å². The summed E-state index contributed by atoms with van der Waals surface area (Å²) in [5.41, 5.74) is 6.15. The topological polar surface area (TPSA) is 81.4 Å². The fourth-order valence-electron chi connectivity index (χ4n) is 1.14. The molecule has 0 aliphatic heterocycles. The van der Waals surface area contributed by atoms with Gasteiger partial charge in [0.15, 0.2) is 0 Å². The lowest BCUT2D eigenvalue weighted by molar-refractivity contribution is 0.340. The molecular formula is C12H16N2O3S. The first kappa shape index (κ1) is 14.4. The van der Waals surface area contributed by atoms with E-state index in [2.05, 4.69) is 16.6 Å². The molecule has 0 saturated heterocycles. The summed E-state index contributed by atoms with van der Waals surface area (Å²) in [4.78, 5) is 0. The number of ether oxygens (including phenoxy) is 1. The second kappa shape index (κ2) is 6.89. The molecule has 0 bridgehead atoms. The second-order valence-electron chi connectivity index (χ2n) is 3.48. The van der Waals surface area contributed by atoms with Crippen molar-refractivity contribution in [2.45, 2.75) is 6.92 Å². The maximum absolute atomic E-state index is 11.5. The summed E-state index contributed by atoms with van der Waals surface area (Å²) in [7, 11) is -3.33. The van der Waals surface area contributed by atoms with E-state index in [1.807, 2.05) is 0 Å². The smallest absolute Gasteiger partial charge is 0.215 e. The number of hydrogen-bond acceptors (Lipinski definition) is 4. The van der Waals surface area contributed by atoms with E-state index in [1.165, 1.54) is 0 Å². The van der Waals surface area contributed by atoms with Gasteiger partial charge < -0.3 is 10.5 Å². The molecule has 0 amide bonds. The van der Waals surface area contributed by atoms with Gasteiger partial charge in [-0.25, -0.2) is 13.1 Å². The average Bonchev–Trinajstić information content (AvgIpc) is 2.32. The molecule has 0 atom stereocenters. The highest BCUT2D eigenvalue weighted by molar-refractivity contribution is 7.89. The number of nitrogens with two attached hydrogens (primary N) is 1.